The maximum Gasteiger partial charge on any atom is 0.340 e. The van der Waals surface area contributed by atoms with Crippen molar-refractivity contribution in [3.05, 3.63) is 53.6 Å². The summed E-state index contributed by atoms with van der Waals surface area (Å²) in [6.45, 7) is 0. The van der Waals surface area contributed by atoms with Gasteiger partial charge in [0.2, 0.25) is 0 Å². The number of hydrogen-bond acceptors (Lipinski definition) is 5. The molecule has 2 rings (SSSR count). The molecule has 0 spiro atoms. The highest BCUT2D eigenvalue weighted by Gasteiger charge is 2.12. The van der Waals surface area contributed by atoms with Gasteiger partial charge in [-0.25, -0.2) is 9.18 Å². The minimum atomic E-state index is -0.680. The van der Waals surface area contributed by atoms with E-state index < -0.39 is 11.8 Å². The summed E-state index contributed by atoms with van der Waals surface area (Å²) in [5.74, 6) is -0.718. The van der Waals surface area contributed by atoms with Crippen molar-refractivity contribution in [2.24, 2.45) is 0 Å². The number of thioether (sulfide) groups is 1. The first-order valence-electron chi connectivity index (χ1n) is 5.81. The zero-order valence-electron chi connectivity index (χ0n) is 10.8. The van der Waals surface area contributed by atoms with E-state index in [4.69, 9.17) is 5.73 Å². The minimum Gasteiger partial charge on any atom is -0.465 e. The number of nitrogens with zero attached hydrogens (tertiary/aromatic N) is 1. The molecular formula is C14H13FN2O2S. The molecule has 0 atom stereocenters. The summed E-state index contributed by atoms with van der Waals surface area (Å²) >= 11 is 1.48. The lowest BCUT2D eigenvalue weighted by molar-refractivity contribution is 0.0595. The predicted molar refractivity (Wildman–Crippen MR) is 75.9 cm³/mol. The van der Waals surface area contributed by atoms with E-state index in [-0.39, 0.29) is 5.56 Å². The molecule has 2 N–H and O–H groups in total. The van der Waals surface area contributed by atoms with Crippen LogP contribution < -0.4 is 5.73 Å². The molecule has 0 amide bonds. The molecule has 0 saturated heterocycles. The number of nitrogen functional groups attached to an aromatic ring is 1. The Labute approximate surface area is 120 Å². The first-order valence-corrected chi connectivity index (χ1v) is 6.79. The predicted octanol–water partition coefficient (Wildman–Crippen LogP) is 2.88. The molecule has 0 aliphatic carbocycles. The number of anilines is 1. The highest BCUT2D eigenvalue weighted by Crippen LogP contribution is 2.27. The number of carbonyl (C=O) groups excluding carboxylic acids is 1. The van der Waals surface area contributed by atoms with Crippen LogP contribution in [0.25, 0.3) is 0 Å². The smallest absolute Gasteiger partial charge is 0.340 e. The van der Waals surface area contributed by atoms with Crippen LogP contribution in [0.15, 0.2) is 41.6 Å². The highest BCUT2D eigenvalue weighted by molar-refractivity contribution is 7.98. The van der Waals surface area contributed by atoms with Gasteiger partial charge in [0, 0.05) is 16.8 Å². The van der Waals surface area contributed by atoms with E-state index >= 15 is 0 Å². The number of pyridine rings is 1. The molecule has 2 aromatic rings. The van der Waals surface area contributed by atoms with E-state index in [1.165, 1.54) is 31.0 Å². The fourth-order valence-electron chi connectivity index (χ4n) is 1.61. The van der Waals surface area contributed by atoms with Crippen LogP contribution in [0.3, 0.4) is 0 Å². The number of hydrogen-bond donors (Lipinski definition) is 1. The van der Waals surface area contributed by atoms with E-state index in [0.717, 1.165) is 10.5 Å². The minimum absolute atomic E-state index is 0.0651. The molecule has 0 unspecified atom stereocenters. The monoisotopic (exact) mass is 292 g/mol. The molecular weight excluding hydrogens is 279 g/mol. The van der Waals surface area contributed by atoms with Gasteiger partial charge in [-0.2, -0.15) is 0 Å². The lowest BCUT2D eigenvalue weighted by atomic mass is 10.1. The number of benzene rings is 1. The average molecular weight is 292 g/mol. The van der Waals surface area contributed by atoms with Gasteiger partial charge in [-0.1, -0.05) is 6.07 Å². The van der Waals surface area contributed by atoms with Crippen LogP contribution in [0.4, 0.5) is 10.1 Å². The first kappa shape index (κ1) is 14.3. The molecule has 0 fully saturated rings. The van der Waals surface area contributed by atoms with E-state index in [2.05, 4.69) is 9.72 Å². The van der Waals surface area contributed by atoms with E-state index in [0.29, 0.717) is 11.4 Å². The molecule has 0 bridgehead atoms. The quantitative estimate of drug-likeness (QED) is 0.693. The van der Waals surface area contributed by atoms with Gasteiger partial charge in [0.05, 0.1) is 24.6 Å². The largest absolute Gasteiger partial charge is 0.465 e. The Morgan fingerprint density at radius 1 is 1.45 bits per heavy atom. The van der Waals surface area contributed by atoms with Gasteiger partial charge in [-0.15, -0.1) is 11.8 Å². The topological polar surface area (TPSA) is 65.2 Å². The highest BCUT2D eigenvalue weighted by atomic mass is 32.2. The fraction of sp³-hybridized carbons (Fsp3) is 0.143. The van der Waals surface area contributed by atoms with Gasteiger partial charge in [-0.3, -0.25) is 4.98 Å². The zero-order chi connectivity index (χ0) is 14.5. The Morgan fingerprint density at radius 3 is 2.90 bits per heavy atom. The number of methoxy groups -OCH3 is 1. The summed E-state index contributed by atoms with van der Waals surface area (Å²) in [5.41, 5.74) is 7.06. The lowest BCUT2D eigenvalue weighted by Crippen LogP contribution is -2.04. The summed E-state index contributed by atoms with van der Waals surface area (Å²) in [6, 6.07) is 6.25. The number of ether oxygens (including phenoxy) is 1. The van der Waals surface area contributed by atoms with Gasteiger partial charge in [-0.05, 0) is 23.8 Å². The summed E-state index contributed by atoms with van der Waals surface area (Å²) in [5, 5.41) is 0. The second-order valence-corrected chi connectivity index (χ2v) is 5.03. The Bertz CT molecular complexity index is 634. The number of esters is 1. The molecule has 104 valence electrons. The summed E-state index contributed by atoms with van der Waals surface area (Å²) in [6.07, 6.45) is 3.23. The molecule has 1 aromatic carbocycles. The zero-order valence-corrected chi connectivity index (χ0v) is 11.6. The molecule has 1 aromatic heterocycles. The van der Waals surface area contributed by atoms with Crippen LogP contribution >= 0.6 is 11.8 Å². The lowest BCUT2D eigenvalue weighted by Gasteiger charge is -2.06. The number of aromatic nitrogens is 1. The maximum atomic E-state index is 13.7. The van der Waals surface area contributed by atoms with Gasteiger partial charge >= 0.3 is 5.97 Å². The number of halogens is 1. The number of carbonyl (C=O) groups is 1. The molecule has 0 saturated carbocycles. The van der Waals surface area contributed by atoms with Crippen LogP contribution in [0.2, 0.25) is 0 Å². The third kappa shape index (κ3) is 3.27. The molecule has 0 aliphatic heterocycles. The van der Waals surface area contributed by atoms with E-state index in [9.17, 15) is 9.18 Å². The van der Waals surface area contributed by atoms with Crippen LogP contribution in [-0.4, -0.2) is 18.1 Å². The van der Waals surface area contributed by atoms with Gasteiger partial charge in [0.1, 0.15) is 5.82 Å². The van der Waals surface area contributed by atoms with Crippen LogP contribution in [0.1, 0.15) is 15.9 Å². The third-order valence-corrected chi connectivity index (χ3v) is 3.80. The van der Waals surface area contributed by atoms with Crippen molar-refractivity contribution in [2.45, 2.75) is 10.6 Å². The maximum absolute atomic E-state index is 13.7. The Kier molecular flexibility index (Phi) is 4.57. The Hall–Kier alpha value is -2.08. The van der Waals surface area contributed by atoms with Crippen molar-refractivity contribution in [1.82, 2.24) is 4.98 Å². The molecule has 20 heavy (non-hydrogen) atoms. The Morgan fingerprint density at radius 2 is 2.25 bits per heavy atom. The van der Waals surface area contributed by atoms with Crippen LogP contribution in [0.5, 0.6) is 0 Å². The normalized spacial score (nSPS) is 10.3. The molecule has 0 aliphatic rings. The van der Waals surface area contributed by atoms with Gasteiger partial charge in [0.15, 0.2) is 0 Å². The second-order valence-electron chi connectivity index (χ2n) is 4.01. The van der Waals surface area contributed by atoms with E-state index in [1.807, 2.05) is 0 Å². The van der Waals surface area contributed by atoms with Crippen molar-refractivity contribution in [3.8, 4) is 0 Å². The summed E-state index contributed by atoms with van der Waals surface area (Å²) < 4.78 is 18.2. The van der Waals surface area contributed by atoms with Crippen molar-refractivity contribution >= 4 is 23.4 Å². The van der Waals surface area contributed by atoms with Crippen molar-refractivity contribution < 1.29 is 13.9 Å². The average Bonchev–Trinajstić information content (AvgIpc) is 2.46. The third-order valence-electron chi connectivity index (χ3n) is 2.64. The van der Waals surface area contributed by atoms with Gasteiger partial charge in [0.25, 0.3) is 0 Å². The van der Waals surface area contributed by atoms with Crippen LogP contribution in [-0.2, 0) is 10.5 Å². The molecule has 1 heterocycles. The van der Waals surface area contributed by atoms with Crippen molar-refractivity contribution in [3.63, 3.8) is 0 Å². The Balaban J connectivity index is 2.10. The number of rotatable bonds is 4. The second kappa shape index (κ2) is 6.38. The molecule has 0 radical (unpaired) electrons. The van der Waals surface area contributed by atoms with Crippen molar-refractivity contribution in [1.29, 1.82) is 0 Å². The fourth-order valence-corrected chi connectivity index (χ4v) is 2.49. The molecule has 4 nitrogen and oxygen atoms in total. The SMILES string of the molecule is COC(=O)c1ccc(CSc2ccncc2N)cc1F. The van der Waals surface area contributed by atoms with E-state index in [1.54, 1.807) is 24.5 Å². The molecule has 6 heteroatoms. The van der Waals surface area contributed by atoms with Crippen LogP contribution in [0, 0.1) is 5.82 Å². The standard InChI is InChI=1S/C14H13FN2O2S/c1-19-14(18)10-3-2-9(6-11(10)15)8-20-13-4-5-17-7-12(13)16/h2-7H,8,16H2,1H3. The summed E-state index contributed by atoms with van der Waals surface area (Å²) in [7, 11) is 1.22. The van der Waals surface area contributed by atoms with Gasteiger partial charge < -0.3 is 10.5 Å². The summed E-state index contributed by atoms with van der Waals surface area (Å²) in [4.78, 5) is 16.1. The first-order chi connectivity index (χ1) is 9.61. The van der Waals surface area contributed by atoms with Crippen molar-refractivity contribution in [2.75, 3.05) is 12.8 Å². The number of nitrogens with two attached hydrogens (primary N) is 1.